The third-order valence-corrected chi connectivity index (χ3v) is 5.06. The van der Waals surface area contributed by atoms with Gasteiger partial charge in [-0.25, -0.2) is 9.97 Å². The van der Waals surface area contributed by atoms with Crippen molar-refractivity contribution in [2.75, 3.05) is 31.5 Å². The van der Waals surface area contributed by atoms with Gasteiger partial charge in [0.25, 0.3) is 5.91 Å². The summed E-state index contributed by atoms with van der Waals surface area (Å²) in [6.07, 6.45) is 2.65. The molecule has 1 aromatic heterocycles. The molecule has 1 aromatic carbocycles. The van der Waals surface area contributed by atoms with E-state index in [4.69, 9.17) is 0 Å². The highest BCUT2D eigenvalue weighted by molar-refractivity contribution is 5.93. The minimum Gasteiger partial charge on any atom is -0.342 e. The van der Waals surface area contributed by atoms with Crippen molar-refractivity contribution in [3.05, 3.63) is 46.9 Å². The van der Waals surface area contributed by atoms with Gasteiger partial charge >= 0.3 is 0 Å². The lowest BCUT2D eigenvalue weighted by Gasteiger charge is -2.32. The minimum atomic E-state index is -0.126. The average molecular weight is 381 g/mol. The van der Waals surface area contributed by atoms with E-state index in [2.05, 4.69) is 47.3 Å². The lowest BCUT2D eigenvalue weighted by atomic mass is 10.0. The average Bonchev–Trinajstić information content (AvgIpc) is 2.73. The highest BCUT2D eigenvalue weighted by Crippen LogP contribution is 2.26. The summed E-state index contributed by atoms with van der Waals surface area (Å²) in [5, 5.41) is 3.42. The molecule has 1 fully saturated rings. The number of nitrogens with one attached hydrogen (secondary N) is 1. The molecule has 1 saturated heterocycles. The Kier molecular flexibility index (Phi) is 6.23. The molecule has 7 nitrogen and oxygen atoms in total. The van der Waals surface area contributed by atoms with Crippen LogP contribution in [-0.2, 0) is 17.6 Å². The molecule has 1 N–H and O–H groups in total. The largest absolute Gasteiger partial charge is 0.342 e. The monoisotopic (exact) mass is 381 g/mol. The number of piperazine rings is 1. The summed E-state index contributed by atoms with van der Waals surface area (Å²) in [5.74, 6) is 1.04. The molecule has 0 bridgehead atoms. The number of aryl methyl sites for hydroxylation is 3. The van der Waals surface area contributed by atoms with Gasteiger partial charge < -0.3 is 15.1 Å². The first-order valence-electron chi connectivity index (χ1n) is 9.77. The Morgan fingerprint density at radius 1 is 1.11 bits per heavy atom. The Morgan fingerprint density at radius 3 is 2.32 bits per heavy atom. The fourth-order valence-electron chi connectivity index (χ4n) is 3.46. The topological polar surface area (TPSA) is 78.4 Å². The fourth-order valence-corrected chi connectivity index (χ4v) is 3.46. The van der Waals surface area contributed by atoms with Gasteiger partial charge in [-0.1, -0.05) is 32.0 Å². The van der Waals surface area contributed by atoms with Crippen molar-refractivity contribution in [3.8, 4) is 0 Å². The van der Waals surface area contributed by atoms with Crippen LogP contribution < -0.4 is 5.32 Å². The first kappa shape index (κ1) is 19.8. The van der Waals surface area contributed by atoms with E-state index in [1.165, 1.54) is 11.1 Å². The zero-order valence-electron chi connectivity index (χ0n) is 16.7. The second-order valence-electron chi connectivity index (χ2n) is 6.90. The van der Waals surface area contributed by atoms with Crippen molar-refractivity contribution < 1.29 is 9.59 Å². The van der Waals surface area contributed by atoms with Crippen LogP contribution in [0.15, 0.2) is 24.3 Å². The third kappa shape index (κ3) is 4.30. The van der Waals surface area contributed by atoms with Gasteiger partial charge in [0.1, 0.15) is 17.3 Å². The van der Waals surface area contributed by atoms with Gasteiger partial charge in [-0.2, -0.15) is 0 Å². The standard InChI is InChI=1S/C21H27N5O2/c1-4-16-7-6-8-17(5-2)20(16)24-19-13-18(22-15(3)23-19)21(28)26-11-9-25(14-27)10-12-26/h6-8,13-14H,4-5,9-12H2,1-3H3,(H,22,23,24). The molecule has 0 unspecified atom stereocenters. The number of anilines is 2. The molecular formula is C21H27N5O2. The second kappa shape index (κ2) is 8.82. The van der Waals surface area contributed by atoms with Crippen molar-refractivity contribution in [3.63, 3.8) is 0 Å². The van der Waals surface area contributed by atoms with Crippen LogP contribution in [0.3, 0.4) is 0 Å². The number of carbonyl (C=O) groups excluding carboxylic acids is 2. The number of carbonyl (C=O) groups is 2. The Morgan fingerprint density at radius 2 is 1.75 bits per heavy atom. The molecule has 7 heteroatoms. The Bertz CT molecular complexity index is 838. The third-order valence-electron chi connectivity index (χ3n) is 5.06. The van der Waals surface area contributed by atoms with Crippen molar-refractivity contribution in [1.29, 1.82) is 0 Å². The summed E-state index contributed by atoms with van der Waals surface area (Å²) in [7, 11) is 0. The number of nitrogens with zero attached hydrogens (tertiary/aromatic N) is 4. The first-order valence-corrected chi connectivity index (χ1v) is 9.77. The molecule has 1 aliphatic heterocycles. The molecule has 148 valence electrons. The molecule has 3 rings (SSSR count). The number of benzene rings is 1. The van der Waals surface area contributed by atoms with E-state index in [0.717, 1.165) is 24.9 Å². The van der Waals surface area contributed by atoms with Gasteiger partial charge in [0.15, 0.2) is 0 Å². The van der Waals surface area contributed by atoms with Crippen molar-refractivity contribution >= 4 is 23.8 Å². The predicted molar refractivity (Wildman–Crippen MR) is 109 cm³/mol. The molecular weight excluding hydrogens is 354 g/mol. The van der Waals surface area contributed by atoms with E-state index in [0.29, 0.717) is 43.5 Å². The van der Waals surface area contributed by atoms with Gasteiger partial charge in [0.05, 0.1) is 0 Å². The molecule has 2 amide bonds. The summed E-state index contributed by atoms with van der Waals surface area (Å²) >= 11 is 0. The first-order chi connectivity index (χ1) is 13.5. The normalized spacial score (nSPS) is 14.1. The summed E-state index contributed by atoms with van der Waals surface area (Å²) in [5.41, 5.74) is 3.87. The predicted octanol–water partition coefficient (Wildman–Crippen LogP) is 2.57. The zero-order chi connectivity index (χ0) is 20.1. The van der Waals surface area contributed by atoms with Crippen molar-refractivity contribution in [2.24, 2.45) is 0 Å². The van der Waals surface area contributed by atoms with E-state index in [-0.39, 0.29) is 5.91 Å². The van der Waals surface area contributed by atoms with Gasteiger partial charge in [-0.15, -0.1) is 0 Å². The van der Waals surface area contributed by atoms with E-state index in [1.807, 2.05) is 0 Å². The quantitative estimate of drug-likeness (QED) is 0.778. The van der Waals surface area contributed by atoms with Crippen LogP contribution in [0.25, 0.3) is 0 Å². The molecule has 28 heavy (non-hydrogen) atoms. The summed E-state index contributed by atoms with van der Waals surface area (Å²) in [6, 6.07) is 8.00. The fraction of sp³-hybridized carbons (Fsp3) is 0.429. The van der Waals surface area contributed by atoms with Gasteiger partial charge in [0.2, 0.25) is 6.41 Å². The molecule has 0 atom stereocenters. The van der Waals surface area contributed by atoms with E-state index >= 15 is 0 Å². The van der Waals surface area contributed by atoms with Crippen molar-refractivity contribution in [1.82, 2.24) is 19.8 Å². The molecule has 0 radical (unpaired) electrons. The zero-order valence-corrected chi connectivity index (χ0v) is 16.7. The smallest absolute Gasteiger partial charge is 0.272 e. The van der Waals surface area contributed by atoms with Crippen LogP contribution in [0.2, 0.25) is 0 Å². The van der Waals surface area contributed by atoms with Crippen LogP contribution in [0.5, 0.6) is 0 Å². The number of hydrogen-bond acceptors (Lipinski definition) is 5. The van der Waals surface area contributed by atoms with E-state index in [9.17, 15) is 9.59 Å². The van der Waals surface area contributed by atoms with E-state index < -0.39 is 0 Å². The van der Waals surface area contributed by atoms with Crippen LogP contribution in [-0.4, -0.2) is 58.3 Å². The Balaban J connectivity index is 1.85. The van der Waals surface area contributed by atoms with Crippen LogP contribution in [0, 0.1) is 6.92 Å². The van der Waals surface area contributed by atoms with E-state index in [1.54, 1.807) is 22.8 Å². The maximum Gasteiger partial charge on any atom is 0.272 e. The molecule has 1 aliphatic rings. The SMILES string of the molecule is CCc1cccc(CC)c1Nc1cc(C(=O)N2CCN(C=O)CC2)nc(C)n1. The Labute approximate surface area is 165 Å². The van der Waals surface area contributed by atoms with Crippen molar-refractivity contribution in [2.45, 2.75) is 33.6 Å². The highest BCUT2D eigenvalue weighted by Gasteiger charge is 2.23. The summed E-state index contributed by atoms with van der Waals surface area (Å²) < 4.78 is 0. The molecule has 2 heterocycles. The van der Waals surface area contributed by atoms with Crippen LogP contribution >= 0.6 is 0 Å². The summed E-state index contributed by atoms with van der Waals surface area (Å²) in [4.78, 5) is 36.0. The number of hydrogen-bond donors (Lipinski definition) is 1. The lowest BCUT2D eigenvalue weighted by Crippen LogP contribution is -2.48. The van der Waals surface area contributed by atoms with Gasteiger partial charge in [0, 0.05) is 37.9 Å². The molecule has 0 spiro atoms. The Hall–Kier alpha value is -2.96. The van der Waals surface area contributed by atoms with Crippen LogP contribution in [0.4, 0.5) is 11.5 Å². The lowest BCUT2D eigenvalue weighted by molar-refractivity contribution is -0.119. The number of para-hydroxylation sites is 1. The number of amides is 2. The summed E-state index contributed by atoms with van der Waals surface area (Å²) in [6.45, 7) is 8.17. The van der Waals surface area contributed by atoms with Gasteiger partial charge in [-0.05, 0) is 30.9 Å². The minimum absolute atomic E-state index is 0.126. The number of aromatic nitrogens is 2. The number of rotatable bonds is 6. The molecule has 2 aromatic rings. The van der Waals surface area contributed by atoms with Crippen LogP contribution in [0.1, 0.15) is 41.3 Å². The molecule has 0 aliphatic carbocycles. The maximum absolute atomic E-state index is 12.9. The van der Waals surface area contributed by atoms with Gasteiger partial charge in [-0.3, -0.25) is 9.59 Å². The maximum atomic E-state index is 12.9. The highest BCUT2D eigenvalue weighted by atomic mass is 16.2. The second-order valence-corrected chi connectivity index (χ2v) is 6.90. The molecule has 0 saturated carbocycles.